The fourth-order valence-electron chi connectivity index (χ4n) is 1.30. The van der Waals surface area contributed by atoms with Crippen LogP contribution in [0.3, 0.4) is 0 Å². The van der Waals surface area contributed by atoms with Gasteiger partial charge in [-0.05, 0) is 24.5 Å². The van der Waals surface area contributed by atoms with E-state index in [1.54, 1.807) is 24.0 Å². The number of hydrogen-bond donors (Lipinski definition) is 2. The summed E-state index contributed by atoms with van der Waals surface area (Å²) in [5, 5.41) is 3.14. The molecule has 0 atom stereocenters. The van der Waals surface area contributed by atoms with Crippen molar-refractivity contribution in [1.29, 1.82) is 0 Å². The minimum atomic E-state index is 0.458. The maximum absolute atomic E-state index is 5.59. The van der Waals surface area contributed by atoms with Crippen molar-refractivity contribution in [2.75, 3.05) is 17.3 Å². The standard InChI is InChI=1S/C11H12N4S/c1-16-9-5-3-2-4-8(9)14-11-13-7-6-10(12)15-11/h2-7H,1H3,(H3,12,13,14,15). The van der Waals surface area contributed by atoms with Crippen molar-refractivity contribution < 1.29 is 0 Å². The molecule has 0 spiro atoms. The van der Waals surface area contributed by atoms with Crippen molar-refractivity contribution >= 4 is 29.2 Å². The number of nitrogen functional groups attached to an aromatic ring is 1. The zero-order chi connectivity index (χ0) is 11.4. The first-order valence-electron chi connectivity index (χ1n) is 4.78. The number of nitrogens with one attached hydrogen (secondary N) is 1. The number of rotatable bonds is 3. The van der Waals surface area contributed by atoms with Gasteiger partial charge in [-0.2, -0.15) is 4.98 Å². The zero-order valence-electron chi connectivity index (χ0n) is 8.84. The molecule has 0 unspecified atom stereocenters. The van der Waals surface area contributed by atoms with E-state index < -0.39 is 0 Å². The predicted octanol–water partition coefficient (Wildman–Crippen LogP) is 2.52. The molecule has 16 heavy (non-hydrogen) atoms. The van der Waals surface area contributed by atoms with Crippen LogP contribution in [-0.2, 0) is 0 Å². The van der Waals surface area contributed by atoms with E-state index in [0.717, 1.165) is 10.6 Å². The average Bonchev–Trinajstić information content (AvgIpc) is 2.30. The molecule has 0 saturated carbocycles. The van der Waals surface area contributed by atoms with Crippen LogP contribution in [0, 0.1) is 0 Å². The highest BCUT2D eigenvalue weighted by molar-refractivity contribution is 7.98. The molecule has 0 fully saturated rings. The highest BCUT2D eigenvalue weighted by Crippen LogP contribution is 2.26. The monoisotopic (exact) mass is 232 g/mol. The molecular formula is C11H12N4S. The van der Waals surface area contributed by atoms with Gasteiger partial charge in [0.15, 0.2) is 0 Å². The fourth-order valence-corrected chi connectivity index (χ4v) is 1.85. The van der Waals surface area contributed by atoms with E-state index in [-0.39, 0.29) is 0 Å². The molecule has 0 aliphatic heterocycles. The Balaban J connectivity index is 2.26. The molecule has 82 valence electrons. The van der Waals surface area contributed by atoms with Crippen LogP contribution >= 0.6 is 11.8 Å². The third-order valence-electron chi connectivity index (χ3n) is 2.03. The van der Waals surface area contributed by atoms with Crippen molar-refractivity contribution in [3.63, 3.8) is 0 Å². The number of aromatic nitrogens is 2. The molecule has 0 aliphatic carbocycles. The van der Waals surface area contributed by atoms with Gasteiger partial charge in [0.2, 0.25) is 5.95 Å². The first-order chi connectivity index (χ1) is 7.79. The molecule has 0 amide bonds. The number of anilines is 3. The van der Waals surface area contributed by atoms with E-state index in [2.05, 4.69) is 15.3 Å². The normalized spacial score (nSPS) is 10.1. The second-order valence-corrected chi connectivity index (χ2v) is 3.98. The molecule has 0 bridgehead atoms. The van der Waals surface area contributed by atoms with Gasteiger partial charge >= 0.3 is 0 Å². The molecule has 0 radical (unpaired) electrons. The Morgan fingerprint density at radius 3 is 2.81 bits per heavy atom. The zero-order valence-corrected chi connectivity index (χ0v) is 9.66. The minimum absolute atomic E-state index is 0.458. The Hall–Kier alpha value is -1.75. The van der Waals surface area contributed by atoms with Crippen molar-refractivity contribution in [2.24, 2.45) is 0 Å². The lowest BCUT2D eigenvalue weighted by atomic mass is 10.3. The molecule has 3 N–H and O–H groups in total. The Morgan fingerprint density at radius 2 is 2.06 bits per heavy atom. The van der Waals surface area contributed by atoms with E-state index in [1.807, 2.05) is 30.5 Å². The molecule has 2 rings (SSSR count). The maximum Gasteiger partial charge on any atom is 0.229 e. The molecule has 0 saturated heterocycles. The largest absolute Gasteiger partial charge is 0.384 e. The van der Waals surface area contributed by atoms with Gasteiger partial charge in [0.1, 0.15) is 5.82 Å². The van der Waals surface area contributed by atoms with Crippen molar-refractivity contribution in [1.82, 2.24) is 9.97 Å². The molecule has 1 aromatic heterocycles. The summed E-state index contributed by atoms with van der Waals surface area (Å²) in [6, 6.07) is 9.65. The first kappa shape index (κ1) is 10.8. The van der Waals surface area contributed by atoms with Gasteiger partial charge in [0.05, 0.1) is 5.69 Å². The summed E-state index contributed by atoms with van der Waals surface area (Å²) in [6.07, 6.45) is 3.66. The molecule has 1 aromatic carbocycles. The van der Waals surface area contributed by atoms with Crippen LogP contribution < -0.4 is 11.1 Å². The van der Waals surface area contributed by atoms with E-state index >= 15 is 0 Å². The van der Waals surface area contributed by atoms with Gasteiger partial charge in [-0.15, -0.1) is 11.8 Å². The Bertz CT molecular complexity index is 487. The van der Waals surface area contributed by atoms with Gasteiger partial charge in [-0.1, -0.05) is 12.1 Å². The molecule has 0 aliphatic rings. The summed E-state index contributed by atoms with van der Waals surface area (Å²) in [7, 11) is 0. The van der Waals surface area contributed by atoms with Gasteiger partial charge < -0.3 is 11.1 Å². The van der Waals surface area contributed by atoms with Crippen LogP contribution in [-0.4, -0.2) is 16.2 Å². The topological polar surface area (TPSA) is 63.8 Å². The number of para-hydroxylation sites is 1. The fraction of sp³-hybridized carbons (Fsp3) is 0.0909. The van der Waals surface area contributed by atoms with Crippen LogP contribution in [0.15, 0.2) is 41.4 Å². The van der Waals surface area contributed by atoms with Gasteiger partial charge in [-0.3, -0.25) is 0 Å². The summed E-state index contributed by atoms with van der Waals surface area (Å²) in [5.41, 5.74) is 6.57. The van der Waals surface area contributed by atoms with Crippen LogP contribution in [0.4, 0.5) is 17.5 Å². The van der Waals surface area contributed by atoms with Gasteiger partial charge in [-0.25, -0.2) is 4.98 Å². The number of hydrogen-bond acceptors (Lipinski definition) is 5. The third kappa shape index (κ3) is 2.43. The van der Waals surface area contributed by atoms with Gasteiger partial charge in [0, 0.05) is 11.1 Å². The predicted molar refractivity (Wildman–Crippen MR) is 68.0 cm³/mol. The number of nitrogens with zero attached hydrogens (tertiary/aromatic N) is 2. The smallest absolute Gasteiger partial charge is 0.229 e. The van der Waals surface area contributed by atoms with Crippen LogP contribution in [0.5, 0.6) is 0 Å². The molecule has 2 aromatic rings. The lowest BCUT2D eigenvalue weighted by Crippen LogP contribution is -2.00. The Kier molecular flexibility index (Phi) is 3.26. The Labute approximate surface area is 98.3 Å². The summed E-state index contributed by atoms with van der Waals surface area (Å²) >= 11 is 1.67. The lowest BCUT2D eigenvalue weighted by molar-refractivity contribution is 1.17. The van der Waals surface area contributed by atoms with E-state index in [4.69, 9.17) is 5.73 Å². The Morgan fingerprint density at radius 1 is 1.25 bits per heavy atom. The molecular weight excluding hydrogens is 220 g/mol. The first-order valence-corrected chi connectivity index (χ1v) is 6.00. The summed E-state index contributed by atoms with van der Waals surface area (Å²) in [6.45, 7) is 0. The summed E-state index contributed by atoms with van der Waals surface area (Å²) < 4.78 is 0. The molecule has 4 nitrogen and oxygen atoms in total. The van der Waals surface area contributed by atoms with Crippen LogP contribution in [0.2, 0.25) is 0 Å². The third-order valence-corrected chi connectivity index (χ3v) is 2.83. The summed E-state index contributed by atoms with van der Waals surface area (Å²) in [5.74, 6) is 0.973. The summed E-state index contributed by atoms with van der Waals surface area (Å²) in [4.78, 5) is 9.34. The second kappa shape index (κ2) is 4.85. The minimum Gasteiger partial charge on any atom is -0.384 e. The molecule has 1 heterocycles. The highest BCUT2D eigenvalue weighted by Gasteiger charge is 2.02. The van der Waals surface area contributed by atoms with E-state index in [9.17, 15) is 0 Å². The van der Waals surface area contributed by atoms with Crippen molar-refractivity contribution in [3.05, 3.63) is 36.5 Å². The molecule has 5 heteroatoms. The van der Waals surface area contributed by atoms with Crippen LogP contribution in [0.25, 0.3) is 0 Å². The number of nitrogens with two attached hydrogens (primary N) is 1. The van der Waals surface area contributed by atoms with E-state index in [1.165, 1.54) is 0 Å². The highest BCUT2D eigenvalue weighted by atomic mass is 32.2. The van der Waals surface area contributed by atoms with E-state index in [0.29, 0.717) is 11.8 Å². The number of benzene rings is 1. The van der Waals surface area contributed by atoms with Gasteiger partial charge in [0.25, 0.3) is 0 Å². The average molecular weight is 232 g/mol. The van der Waals surface area contributed by atoms with Crippen LogP contribution in [0.1, 0.15) is 0 Å². The SMILES string of the molecule is CSc1ccccc1Nc1nccc(N)n1. The lowest BCUT2D eigenvalue weighted by Gasteiger charge is -2.08. The van der Waals surface area contributed by atoms with Crippen molar-refractivity contribution in [3.8, 4) is 0 Å². The second-order valence-electron chi connectivity index (χ2n) is 3.13. The van der Waals surface area contributed by atoms with Crippen molar-refractivity contribution in [2.45, 2.75) is 4.90 Å². The maximum atomic E-state index is 5.59. The quantitative estimate of drug-likeness (QED) is 0.796. The number of thioether (sulfide) groups is 1.